The van der Waals surface area contributed by atoms with E-state index in [4.69, 9.17) is 14.2 Å². The van der Waals surface area contributed by atoms with Gasteiger partial charge in [-0.05, 0) is 6.42 Å². The zero-order valence-corrected chi connectivity index (χ0v) is 12.3. The summed E-state index contributed by atoms with van der Waals surface area (Å²) in [5.74, 6) is 1.50. The summed E-state index contributed by atoms with van der Waals surface area (Å²) in [7, 11) is 4.62. The molecule has 0 saturated heterocycles. The number of benzene rings is 1. The molecule has 1 aromatic rings. The first-order chi connectivity index (χ1) is 9.65. The molecule has 1 rings (SSSR count). The number of methoxy groups -OCH3 is 3. The van der Waals surface area contributed by atoms with Crippen molar-refractivity contribution in [2.75, 3.05) is 26.6 Å². The summed E-state index contributed by atoms with van der Waals surface area (Å²) in [5.41, 5.74) is 0.624. The van der Waals surface area contributed by atoms with Gasteiger partial charge in [-0.3, -0.25) is 4.79 Å². The second kappa shape index (κ2) is 8.30. The van der Waals surface area contributed by atoms with Gasteiger partial charge in [0.1, 0.15) is 0 Å². The first-order valence-electron chi connectivity index (χ1n) is 6.55. The molecule has 5 heteroatoms. The Morgan fingerprint density at radius 2 is 1.70 bits per heavy atom. The molecule has 0 saturated carbocycles. The molecule has 1 N–H and O–H groups in total. The number of hydrogen-bond acceptors (Lipinski definition) is 4. The number of carbonyl (C=O) groups is 1. The number of ether oxygens (including phenoxy) is 3. The zero-order valence-electron chi connectivity index (χ0n) is 12.3. The number of carbonyl (C=O) groups excluding carboxylic acids is 1. The average molecular weight is 280 g/mol. The minimum absolute atomic E-state index is 0.0345. The standard InChI is InChI=1S/C15H22NO4/c1-5-6-7-8-14(17)16-11-9-12(18-2)15(20-4)13(10-11)19-3/h9-10H,1,5-8H2,2-4H3,(H,16,17). The van der Waals surface area contributed by atoms with Crippen molar-refractivity contribution in [3.05, 3.63) is 19.1 Å². The van der Waals surface area contributed by atoms with Gasteiger partial charge in [0.15, 0.2) is 11.5 Å². The van der Waals surface area contributed by atoms with E-state index in [0.29, 0.717) is 29.4 Å². The highest BCUT2D eigenvalue weighted by Gasteiger charge is 2.14. The van der Waals surface area contributed by atoms with E-state index in [-0.39, 0.29) is 5.91 Å². The van der Waals surface area contributed by atoms with Crippen LogP contribution < -0.4 is 19.5 Å². The summed E-state index contributed by atoms with van der Waals surface area (Å²) in [6.07, 6.45) is 3.10. The zero-order chi connectivity index (χ0) is 15.0. The van der Waals surface area contributed by atoms with Crippen LogP contribution in [0.5, 0.6) is 17.2 Å². The minimum Gasteiger partial charge on any atom is -0.493 e. The third-order valence-electron chi connectivity index (χ3n) is 2.85. The molecule has 0 unspecified atom stereocenters. The summed E-state index contributed by atoms with van der Waals surface area (Å²) < 4.78 is 15.7. The van der Waals surface area contributed by atoms with Crippen LogP contribution in [0.4, 0.5) is 5.69 Å². The highest BCUT2D eigenvalue weighted by Crippen LogP contribution is 2.39. The van der Waals surface area contributed by atoms with Crippen molar-refractivity contribution in [3.63, 3.8) is 0 Å². The van der Waals surface area contributed by atoms with Crippen molar-refractivity contribution >= 4 is 11.6 Å². The Bertz CT molecular complexity index is 420. The maximum absolute atomic E-state index is 11.8. The van der Waals surface area contributed by atoms with Gasteiger partial charge in [0.05, 0.1) is 21.3 Å². The number of amides is 1. The van der Waals surface area contributed by atoms with Crippen LogP contribution in [0.1, 0.15) is 25.7 Å². The van der Waals surface area contributed by atoms with Gasteiger partial charge in [-0.15, -0.1) is 0 Å². The molecule has 5 nitrogen and oxygen atoms in total. The molecular weight excluding hydrogens is 258 g/mol. The molecule has 1 aromatic carbocycles. The second-order valence-electron chi connectivity index (χ2n) is 4.27. The monoisotopic (exact) mass is 280 g/mol. The lowest BCUT2D eigenvalue weighted by Crippen LogP contribution is -2.11. The lowest BCUT2D eigenvalue weighted by atomic mass is 10.2. The number of anilines is 1. The third kappa shape index (κ3) is 4.33. The predicted octanol–water partition coefficient (Wildman–Crippen LogP) is 3.05. The molecular formula is C15H22NO4. The maximum Gasteiger partial charge on any atom is 0.224 e. The molecule has 0 aliphatic carbocycles. The number of rotatable bonds is 8. The van der Waals surface area contributed by atoms with E-state index in [1.807, 2.05) is 0 Å². The van der Waals surface area contributed by atoms with E-state index in [0.717, 1.165) is 19.3 Å². The Hall–Kier alpha value is -1.91. The number of unbranched alkanes of at least 4 members (excludes halogenated alkanes) is 2. The molecule has 0 heterocycles. The molecule has 0 aliphatic rings. The summed E-state index contributed by atoms with van der Waals surface area (Å²) in [6, 6.07) is 3.42. The van der Waals surface area contributed by atoms with E-state index in [2.05, 4.69) is 12.2 Å². The van der Waals surface area contributed by atoms with Gasteiger partial charge in [-0.25, -0.2) is 0 Å². The van der Waals surface area contributed by atoms with Crippen LogP contribution >= 0.6 is 0 Å². The van der Waals surface area contributed by atoms with Crippen molar-refractivity contribution in [1.82, 2.24) is 0 Å². The van der Waals surface area contributed by atoms with Gasteiger partial charge in [-0.1, -0.05) is 19.8 Å². The van der Waals surface area contributed by atoms with Crippen molar-refractivity contribution in [2.24, 2.45) is 0 Å². The molecule has 0 atom stereocenters. The SMILES string of the molecule is [CH2]CCCCC(=O)Nc1cc(OC)c(OC)c(OC)c1. The summed E-state index contributed by atoms with van der Waals surface area (Å²) in [5, 5.41) is 2.83. The van der Waals surface area contributed by atoms with Gasteiger partial charge in [0, 0.05) is 24.2 Å². The Balaban J connectivity index is 2.82. The maximum atomic E-state index is 11.8. The second-order valence-corrected chi connectivity index (χ2v) is 4.27. The molecule has 0 aliphatic heterocycles. The van der Waals surface area contributed by atoms with E-state index in [9.17, 15) is 4.79 Å². The van der Waals surface area contributed by atoms with E-state index >= 15 is 0 Å². The fraction of sp³-hybridized carbons (Fsp3) is 0.467. The normalized spacial score (nSPS) is 10.0. The first kappa shape index (κ1) is 16.1. The summed E-state index contributed by atoms with van der Waals surface area (Å²) in [6.45, 7) is 3.75. The fourth-order valence-corrected chi connectivity index (χ4v) is 1.84. The highest BCUT2D eigenvalue weighted by atomic mass is 16.5. The van der Waals surface area contributed by atoms with Crippen LogP contribution in [0.25, 0.3) is 0 Å². The third-order valence-corrected chi connectivity index (χ3v) is 2.85. The summed E-state index contributed by atoms with van der Waals surface area (Å²) >= 11 is 0. The summed E-state index contributed by atoms with van der Waals surface area (Å²) in [4.78, 5) is 11.8. The van der Waals surface area contributed by atoms with Gasteiger partial charge in [-0.2, -0.15) is 0 Å². The van der Waals surface area contributed by atoms with Crippen molar-refractivity contribution in [2.45, 2.75) is 25.7 Å². The van der Waals surface area contributed by atoms with E-state index in [1.54, 1.807) is 12.1 Å². The molecule has 1 amide bonds. The van der Waals surface area contributed by atoms with Crippen molar-refractivity contribution in [3.8, 4) is 17.2 Å². The molecule has 111 valence electrons. The van der Waals surface area contributed by atoms with Gasteiger partial charge >= 0.3 is 0 Å². The Kier molecular flexibility index (Phi) is 6.70. The van der Waals surface area contributed by atoms with Crippen LogP contribution in [-0.4, -0.2) is 27.2 Å². The Morgan fingerprint density at radius 3 is 2.15 bits per heavy atom. The smallest absolute Gasteiger partial charge is 0.224 e. The van der Waals surface area contributed by atoms with E-state index < -0.39 is 0 Å². The number of hydrogen-bond donors (Lipinski definition) is 1. The Labute approximate surface area is 120 Å². The molecule has 0 spiro atoms. The minimum atomic E-state index is -0.0345. The van der Waals surface area contributed by atoms with Crippen LogP contribution in [0, 0.1) is 6.92 Å². The lowest BCUT2D eigenvalue weighted by Gasteiger charge is -2.14. The molecule has 0 aromatic heterocycles. The lowest BCUT2D eigenvalue weighted by molar-refractivity contribution is -0.116. The topological polar surface area (TPSA) is 56.8 Å². The molecule has 1 radical (unpaired) electrons. The first-order valence-corrected chi connectivity index (χ1v) is 6.55. The molecule has 0 fully saturated rings. The molecule has 20 heavy (non-hydrogen) atoms. The quantitative estimate of drug-likeness (QED) is 0.744. The van der Waals surface area contributed by atoms with Crippen LogP contribution in [-0.2, 0) is 4.79 Å². The average Bonchev–Trinajstić information content (AvgIpc) is 2.46. The number of nitrogens with one attached hydrogen (secondary N) is 1. The largest absolute Gasteiger partial charge is 0.493 e. The van der Waals surface area contributed by atoms with Crippen molar-refractivity contribution in [1.29, 1.82) is 0 Å². The van der Waals surface area contributed by atoms with E-state index in [1.165, 1.54) is 21.3 Å². The Morgan fingerprint density at radius 1 is 1.10 bits per heavy atom. The van der Waals surface area contributed by atoms with Gasteiger partial charge in [0.25, 0.3) is 0 Å². The predicted molar refractivity (Wildman–Crippen MR) is 78.6 cm³/mol. The fourth-order valence-electron chi connectivity index (χ4n) is 1.84. The highest BCUT2D eigenvalue weighted by molar-refractivity contribution is 5.91. The van der Waals surface area contributed by atoms with Gasteiger partial charge < -0.3 is 19.5 Å². The van der Waals surface area contributed by atoms with Crippen LogP contribution in [0.3, 0.4) is 0 Å². The van der Waals surface area contributed by atoms with Crippen molar-refractivity contribution < 1.29 is 19.0 Å². The van der Waals surface area contributed by atoms with Crippen LogP contribution in [0.15, 0.2) is 12.1 Å². The van der Waals surface area contributed by atoms with Gasteiger partial charge in [0.2, 0.25) is 11.7 Å². The molecule has 0 bridgehead atoms. The van der Waals surface area contributed by atoms with Crippen LogP contribution in [0.2, 0.25) is 0 Å².